The van der Waals surface area contributed by atoms with E-state index in [0.29, 0.717) is 19.3 Å². The Morgan fingerprint density at radius 3 is 0.867 bits per heavy atom. The largest absolute Gasteiger partial charge is 0.462 e. The molecule has 0 bridgehead atoms. The molecule has 0 radical (unpaired) electrons. The summed E-state index contributed by atoms with van der Waals surface area (Å²) >= 11 is 0. The Labute approximate surface area is 466 Å². The van der Waals surface area contributed by atoms with Crippen LogP contribution >= 0.6 is 0 Å². The molecule has 0 aliphatic rings. The van der Waals surface area contributed by atoms with Gasteiger partial charge in [0.25, 0.3) is 0 Å². The summed E-state index contributed by atoms with van der Waals surface area (Å²) < 4.78 is 16.8. The highest BCUT2D eigenvalue weighted by Crippen LogP contribution is 2.18. The van der Waals surface area contributed by atoms with Gasteiger partial charge in [-0.2, -0.15) is 0 Å². The van der Waals surface area contributed by atoms with Crippen LogP contribution in [0.4, 0.5) is 0 Å². The highest BCUT2D eigenvalue weighted by Gasteiger charge is 2.19. The number of ether oxygens (including phenoxy) is 3. The fraction of sp³-hybridized carbons (Fsp3) is 0.812. The molecule has 0 aromatic rings. The van der Waals surface area contributed by atoms with E-state index in [4.69, 9.17) is 14.2 Å². The molecule has 1 atom stereocenters. The number of rotatable bonds is 60. The second kappa shape index (κ2) is 63.6. The van der Waals surface area contributed by atoms with Crippen LogP contribution in [0.2, 0.25) is 0 Å². The van der Waals surface area contributed by atoms with Crippen molar-refractivity contribution in [1.29, 1.82) is 0 Å². The third-order valence-electron chi connectivity index (χ3n) is 14.5. The van der Waals surface area contributed by atoms with E-state index >= 15 is 0 Å². The minimum Gasteiger partial charge on any atom is -0.462 e. The molecule has 0 heterocycles. The fourth-order valence-electron chi connectivity index (χ4n) is 9.63. The van der Waals surface area contributed by atoms with Crippen molar-refractivity contribution in [2.24, 2.45) is 0 Å². The van der Waals surface area contributed by atoms with Crippen LogP contribution in [0.25, 0.3) is 0 Å². The van der Waals surface area contributed by atoms with Crippen LogP contribution in [0.5, 0.6) is 0 Å². The van der Waals surface area contributed by atoms with E-state index < -0.39 is 6.10 Å². The van der Waals surface area contributed by atoms with Gasteiger partial charge in [0, 0.05) is 19.3 Å². The van der Waals surface area contributed by atoms with Gasteiger partial charge in [-0.05, 0) is 70.6 Å². The summed E-state index contributed by atoms with van der Waals surface area (Å²) in [7, 11) is 0. The number of hydrogen-bond donors (Lipinski definition) is 0. The SMILES string of the molecule is CC/C=C\C/C=C\C/C=C\C/C=C\CCC(=O)OC(COC(=O)CCCCCCCCCCCCCCC)COC(=O)CCCCCCCCCCCCCCCCCCCCC/C=C\CCCCCCCCCC. The van der Waals surface area contributed by atoms with Crippen molar-refractivity contribution in [1.82, 2.24) is 0 Å². The predicted octanol–water partition coefficient (Wildman–Crippen LogP) is 22.3. The van der Waals surface area contributed by atoms with Crippen molar-refractivity contribution < 1.29 is 28.6 Å². The monoisotopic (exact) mass is 1050 g/mol. The fourth-order valence-corrected chi connectivity index (χ4v) is 9.63. The summed E-state index contributed by atoms with van der Waals surface area (Å²) in [6, 6.07) is 0. The third-order valence-corrected chi connectivity index (χ3v) is 14.5. The lowest BCUT2D eigenvalue weighted by Gasteiger charge is -2.18. The second-order valence-electron chi connectivity index (χ2n) is 22.0. The lowest BCUT2D eigenvalue weighted by Crippen LogP contribution is -2.30. The molecule has 0 amide bonds. The van der Waals surface area contributed by atoms with Crippen LogP contribution in [0, 0.1) is 0 Å². The minimum atomic E-state index is -0.809. The maximum Gasteiger partial charge on any atom is 0.306 e. The lowest BCUT2D eigenvalue weighted by atomic mass is 10.0. The van der Waals surface area contributed by atoms with E-state index in [9.17, 15) is 14.4 Å². The average Bonchev–Trinajstić information content (AvgIpc) is 3.41. The van der Waals surface area contributed by atoms with Crippen molar-refractivity contribution in [3.8, 4) is 0 Å². The Kier molecular flexibility index (Phi) is 61.2. The number of carbonyl (C=O) groups excluding carboxylic acids is 3. The van der Waals surface area contributed by atoms with Gasteiger partial charge in [0.1, 0.15) is 13.2 Å². The topological polar surface area (TPSA) is 78.9 Å². The Bertz CT molecular complexity index is 1340. The van der Waals surface area contributed by atoms with Gasteiger partial charge in [-0.15, -0.1) is 0 Å². The molecule has 75 heavy (non-hydrogen) atoms. The molecule has 0 spiro atoms. The van der Waals surface area contributed by atoms with Crippen molar-refractivity contribution in [2.75, 3.05) is 13.2 Å². The molecule has 0 saturated carbocycles. The summed E-state index contributed by atoms with van der Waals surface area (Å²) in [5.41, 5.74) is 0. The van der Waals surface area contributed by atoms with Gasteiger partial charge < -0.3 is 14.2 Å². The first-order valence-electron chi connectivity index (χ1n) is 32.8. The number of allylic oxidation sites excluding steroid dienone is 10. The summed E-state index contributed by atoms with van der Waals surface area (Å²) in [6.45, 7) is 6.50. The lowest BCUT2D eigenvalue weighted by molar-refractivity contribution is -0.166. The molecule has 0 aliphatic heterocycles. The van der Waals surface area contributed by atoms with E-state index in [1.54, 1.807) is 0 Å². The summed E-state index contributed by atoms with van der Waals surface area (Å²) in [5.74, 6) is -0.964. The van der Waals surface area contributed by atoms with Crippen LogP contribution in [-0.2, 0) is 28.6 Å². The second-order valence-corrected chi connectivity index (χ2v) is 22.0. The van der Waals surface area contributed by atoms with Gasteiger partial charge in [0.05, 0.1) is 0 Å². The van der Waals surface area contributed by atoms with Crippen molar-refractivity contribution in [2.45, 2.75) is 348 Å². The normalized spacial score (nSPS) is 12.4. The Balaban J connectivity index is 4.13. The number of carbonyl (C=O) groups is 3. The first-order chi connectivity index (χ1) is 37.0. The van der Waals surface area contributed by atoms with Gasteiger partial charge in [0.2, 0.25) is 0 Å². The number of hydrogen-bond acceptors (Lipinski definition) is 6. The molecular formula is C69H124O6. The van der Waals surface area contributed by atoms with Crippen molar-refractivity contribution in [3.63, 3.8) is 0 Å². The zero-order valence-corrected chi connectivity index (χ0v) is 50.1. The molecule has 6 heteroatoms. The number of esters is 3. The van der Waals surface area contributed by atoms with Crippen LogP contribution in [-0.4, -0.2) is 37.2 Å². The van der Waals surface area contributed by atoms with Gasteiger partial charge in [0.15, 0.2) is 6.10 Å². The molecule has 0 aliphatic carbocycles. The molecule has 0 N–H and O–H groups in total. The van der Waals surface area contributed by atoms with Crippen LogP contribution in [0.1, 0.15) is 342 Å². The van der Waals surface area contributed by atoms with E-state index in [1.165, 1.54) is 231 Å². The zero-order valence-electron chi connectivity index (χ0n) is 50.1. The van der Waals surface area contributed by atoms with E-state index in [-0.39, 0.29) is 37.5 Å². The van der Waals surface area contributed by atoms with Crippen LogP contribution in [0.15, 0.2) is 60.8 Å². The summed E-state index contributed by atoms with van der Waals surface area (Å²) in [6.07, 6.45) is 81.3. The van der Waals surface area contributed by atoms with E-state index in [2.05, 4.69) is 75.5 Å². The summed E-state index contributed by atoms with van der Waals surface area (Å²) in [5, 5.41) is 0. The quantitative estimate of drug-likeness (QED) is 0.0261. The molecule has 0 saturated heterocycles. The summed E-state index contributed by atoms with van der Waals surface area (Å²) in [4.78, 5) is 38.1. The third kappa shape index (κ3) is 61.8. The number of unbranched alkanes of at least 4 members (excludes halogenated alkanes) is 39. The van der Waals surface area contributed by atoms with E-state index in [0.717, 1.165) is 64.2 Å². The highest BCUT2D eigenvalue weighted by molar-refractivity contribution is 5.71. The van der Waals surface area contributed by atoms with E-state index in [1.807, 2.05) is 6.08 Å². The predicted molar refractivity (Wildman–Crippen MR) is 325 cm³/mol. The maximum absolute atomic E-state index is 12.8. The standard InChI is InChI=1S/C69H124O6/c1-4-7-10-13-16-19-22-25-26-27-28-29-30-31-32-33-34-35-36-37-38-39-40-41-42-45-47-50-53-56-59-62-68(71)74-65-66(75-69(72)63-60-57-54-51-48-44-24-21-18-15-12-9-6-3)64-73-67(70)61-58-55-52-49-46-43-23-20-17-14-11-8-5-2/h9,12,18,21,27-28,44,48,54,57,66H,4-8,10-11,13-17,19-20,22-26,29-43,45-47,49-53,55-56,58-65H2,1-3H3/b12-9-,21-18-,28-27-,48-44-,57-54-. The first-order valence-corrected chi connectivity index (χ1v) is 32.8. The molecule has 0 fully saturated rings. The van der Waals surface area contributed by atoms with Gasteiger partial charge in [-0.3, -0.25) is 14.4 Å². The highest BCUT2D eigenvalue weighted by atomic mass is 16.6. The molecule has 0 rings (SSSR count). The molecular weight excluding hydrogens is 925 g/mol. The molecule has 436 valence electrons. The minimum absolute atomic E-state index is 0.0986. The van der Waals surface area contributed by atoms with Crippen molar-refractivity contribution in [3.05, 3.63) is 60.8 Å². The van der Waals surface area contributed by atoms with Gasteiger partial charge in [-0.1, -0.05) is 313 Å². The molecule has 0 aromatic carbocycles. The Hall–Kier alpha value is -2.89. The molecule has 0 aromatic heterocycles. The average molecular weight is 1050 g/mol. The molecule has 6 nitrogen and oxygen atoms in total. The molecule has 1 unspecified atom stereocenters. The Morgan fingerprint density at radius 2 is 0.547 bits per heavy atom. The maximum atomic E-state index is 12.8. The van der Waals surface area contributed by atoms with Crippen LogP contribution in [0.3, 0.4) is 0 Å². The van der Waals surface area contributed by atoms with Gasteiger partial charge >= 0.3 is 17.9 Å². The Morgan fingerprint density at radius 1 is 0.280 bits per heavy atom. The first kappa shape index (κ1) is 72.1. The van der Waals surface area contributed by atoms with Crippen molar-refractivity contribution >= 4 is 17.9 Å². The smallest absolute Gasteiger partial charge is 0.306 e. The zero-order chi connectivity index (χ0) is 54.3. The van der Waals surface area contributed by atoms with Crippen LogP contribution < -0.4 is 0 Å². The van der Waals surface area contributed by atoms with Gasteiger partial charge in [-0.25, -0.2) is 0 Å².